The van der Waals surface area contributed by atoms with Crippen molar-refractivity contribution in [2.24, 2.45) is 0 Å². The van der Waals surface area contributed by atoms with Gasteiger partial charge in [-0.05, 0) is 192 Å². The van der Waals surface area contributed by atoms with Crippen LogP contribution in [0.4, 0.5) is 0 Å². The largest absolute Gasteiger partial charge is 0.265 e. The van der Waals surface area contributed by atoms with Crippen molar-refractivity contribution >= 4 is 75.9 Å². The number of rotatable bonds is 13. The molecule has 0 aliphatic rings. The average molecular weight is 1590 g/mol. The summed E-state index contributed by atoms with van der Waals surface area (Å²) < 4.78 is 0. The van der Waals surface area contributed by atoms with Crippen LogP contribution in [-0.4, -0.2) is 59.8 Å². The van der Waals surface area contributed by atoms with E-state index in [1.807, 2.05) is 97.2 Å². The monoisotopic (exact) mass is 1580 g/mol. The van der Waals surface area contributed by atoms with Crippen LogP contribution in [0.5, 0.6) is 0 Å². The predicted molar refractivity (Wildman–Crippen MR) is 506 cm³/mol. The fourth-order valence-electron chi connectivity index (χ4n) is 16.4. The molecule has 13 aromatic carbocycles. The molecule has 0 aliphatic heterocycles. The Morgan fingerprint density at radius 1 is 0.153 bits per heavy atom. The van der Waals surface area contributed by atoms with Crippen LogP contribution >= 0.6 is 0 Å². The predicted octanol–water partition coefficient (Wildman–Crippen LogP) is 27.5. The Labute approximate surface area is 715 Å². The summed E-state index contributed by atoms with van der Waals surface area (Å²) in [5.74, 6) is 1.77. The van der Waals surface area contributed by atoms with Crippen LogP contribution in [0.3, 0.4) is 0 Å². The number of hydrogen-bond acceptors (Lipinski definition) is 12. The molecule has 0 radical (unpaired) electrons. The van der Waals surface area contributed by atoms with Gasteiger partial charge in [-0.1, -0.05) is 285 Å². The second-order valence-electron chi connectivity index (χ2n) is 30.3. The summed E-state index contributed by atoms with van der Waals surface area (Å²) in [5, 5.41) is 12.0. The van der Waals surface area contributed by atoms with Gasteiger partial charge in [-0.15, -0.1) is 0 Å². The summed E-state index contributed by atoms with van der Waals surface area (Å²) in [5.41, 5.74) is 27.3. The van der Waals surface area contributed by atoms with Crippen molar-refractivity contribution in [1.29, 1.82) is 0 Å². The van der Waals surface area contributed by atoms with Crippen molar-refractivity contribution in [2.45, 2.75) is 0 Å². The molecule has 0 bridgehead atoms. The Morgan fingerprint density at radius 3 is 0.871 bits per heavy atom. The maximum absolute atomic E-state index is 5.17. The summed E-state index contributed by atoms with van der Waals surface area (Å²) in [7, 11) is 0. The first-order valence-corrected chi connectivity index (χ1v) is 41.2. The number of pyridine rings is 9. The van der Waals surface area contributed by atoms with Crippen LogP contribution in [-0.2, 0) is 0 Å². The quantitative estimate of drug-likeness (QED) is 0.101. The summed E-state index contributed by atoms with van der Waals surface area (Å²) in [6, 6.07) is 136. The van der Waals surface area contributed by atoms with E-state index in [-0.39, 0.29) is 0 Å². The van der Waals surface area contributed by atoms with E-state index in [0.717, 1.165) is 139 Å². The fraction of sp³-hybridized carbons (Fsp3) is 0. The Bertz CT molecular complexity index is 7410. The molecule has 0 N–H and O–H groups in total. The molecule has 0 aliphatic carbocycles. The lowest BCUT2D eigenvalue weighted by molar-refractivity contribution is 1.07. The topological polar surface area (TPSA) is 155 Å². The molecule has 10 heterocycles. The van der Waals surface area contributed by atoms with E-state index in [1.165, 1.54) is 65.3 Å². The standard InChI is InChI=1S/C40H26N4.C38H24N6.C34H22N2/c1-2-10-28(11-3-1)33-26-37(43-36-21-20-29-12-4-5-13-32(29)40(33)36)30-18-16-27(17-19-30)31-24-38(34-14-6-8-22-41-34)44-39(25-31)35-15-7-9-23-42-35;1-2-6-25(7-3-1)32-24-34(41-33-15-14-26-8-4-5-9-31(26)35(32)33)27-10-12-28(13-11-27)36-42-37(29-16-20-39-21-17-29)44-38(43-36)30-18-22-40-23-19-30;1-2-8-24(9-3-1)30-21-33(36-32-19-18-25-10-4-6-12-29(25)34(30)32)26-16-14-23(15-17-26)28-20-27-11-5-7-13-31(27)35-22-28/h1-26H;1-24H;1-22H. The number of para-hydroxylation sites is 1. The normalized spacial score (nSPS) is 11.2. The van der Waals surface area contributed by atoms with E-state index < -0.39 is 0 Å². The molecule has 0 fully saturated rings. The third-order valence-electron chi connectivity index (χ3n) is 22.6. The van der Waals surface area contributed by atoms with Crippen molar-refractivity contribution < 1.29 is 0 Å². The lowest BCUT2D eigenvalue weighted by Gasteiger charge is -2.13. The Morgan fingerprint density at radius 2 is 0.484 bits per heavy atom. The molecule has 23 rings (SSSR count). The van der Waals surface area contributed by atoms with Gasteiger partial charge >= 0.3 is 0 Å². The van der Waals surface area contributed by atoms with Crippen LogP contribution in [0.25, 0.3) is 222 Å². The number of nitrogens with zero attached hydrogens (tertiary/aromatic N) is 12. The lowest BCUT2D eigenvalue weighted by atomic mass is 9.94. The minimum Gasteiger partial charge on any atom is -0.265 e. The number of benzene rings is 13. The van der Waals surface area contributed by atoms with Crippen molar-refractivity contribution in [3.63, 3.8) is 0 Å². The third-order valence-corrected chi connectivity index (χ3v) is 22.6. The number of aromatic nitrogens is 12. The molecule has 0 atom stereocenters. The first kappa shape index (κ1) is 74.6. The zero-order chi connectivity index (χ0) is 82.5. The molecule has 12 nitrogen and oxygen atoms in total. The van der Waals surface area contributed by atoms with Crippen LogP contribution in [0.15, 0.2) is 438 Å². The van der Waals surface area contributed by atoms with Gasteiger partial charge in [-0.3, -0.25) is 24.9 Å². The van der Waals surface area contributed by atoms with Gasteiger partial charge in [0.15, 0.2) is 17.5 Å². The Hall–Kier alpha value is -17.0. The van der Waals surface area contributed by atoms with E-state index in [9.17, 15) is 0 Å². The van der Waals surface area contributed by atoms with E-state index >= 15 is 0 Å². The molecule has 0 amide bonds. The fourth-order valence-corrected chi connectivity index (χ4v) is 16.4. The van der Waals surface area contributed by atoms with Gasteiger partial charge < -0.3 is 0 Å². The van der Waals surface area contributed by atoms with E-state index in [1.54, 1.807) is 37.2 Å². The van der Waals surface area contributed by atoms with Crippen LogP contribution < -0.4 is 0 Å². The SMILES string of the molecule is c1ccc(-c2cc(-c3ccc(-c4cc(-c5ccccn5)nc(-c5ccccn5)c4)cc3)nc3ccc4ccccc4c23)cc1.c1ccc(-c2cc(-c3ccc(-c4cnc5ccccc5c4)cc3)nc3ccc4ccccc4c23)cc1.c1ccc(-c2cc(-c3ccc(-c4nc(-c5ccncc5)nc(-c5ccncc5)n4)cc3)nc3ccc4ccccc4c23)cc1. The van der Waals surface area contributed by atoms with Gasteiger partial charge in [0.05, 0.1) is 61.9 Å². The lowest BCUT2D eigenvalue weighted by Crippen LogP contribution is -2.00. The molecule has 23 aromatic rings. The summed E-state index contributed by atoms with van der Waals surface area (Å²) in [6.07, 6.45) is 12.5. The van der Waals surface area contributed by atoms with Crippen molar-refractivity contribution in [2.75, 3.05) is 0 Å². The molecule has 12 heteroatoms. The maximum Gasteiger partial charge on any atom is 0.164 e. The van der Waals surface area contributed by atoms with Crippen molar-refractivity contribution in [1.82, 2.24) is 59.8 Å². The Balaban J connectivity index is 0.000000115. The van der Waals surface area contributed by atoms with Crippen LogP contribution in [0.2, 0.25) is 0 Å². The molecule has 0 spiro atoms. The third kappa shape index (κ3) is 15.3. The molecular weight excluding hydrogens is 1510 g/mol. The summed E-state index contributed by atoms with van der Waals surface area (Å²) in [4.78, 5) is 56.8. The van der Waals surface area contributed by atoms with Gasteiger partial charge in [0.25, 0.3) is 0 Å². The summed E-state index contributed by atoms with van der Waals surface area (Å²) >= 11 is 0. The molecule has 124 heavy (non-hydrogen) atoms. The first-order valence-electron chi connectivity index (χ1n) is 41.2. The number of hydrogen-bond donors (Lipinski definition) is 0. The molecule has 0 saturated heterocycles. The number of fused-ring (bicyclic) bond motifs is 10. The molecule has 580 valence electrons. The average Bonchev–Trinajstić information content (AvgIpc) is 0.758. The second kappa shape index (κ2) is 33.4. The Kier molecular flexibility index (Phi) is 20.1. The summed E-state index contributed by atoms with van der Waals surface area (Å²) in [6.45, 7) is 0. The van der Waals surface area contributed by atoms with E-state index in [2.05, 4.69) is 328 Å². The molecule has 0 unspecified atom stereocenters. The molecular formula is C112H72N12. The maximum atomic E-state index is 5.17. The van der Waals surface area contributed by atoms with Gasteiger partial charge in [0.1, 0.15) is 0 Å². The van der Waals surface area contributed by atoms with Crippen molar-refractivity contribution in [3.05, 3.63) is 438 Å². The highest BCUT2D eigenvalue weighted by atomic mass is 15.0. The highest BCUT2D eigenvalue weighted by Gasteiger charge is 2.20. The van der Waals surface area contributed by atoms with Crippen LogP contribution in [0.1, 0.15) is 0 Å². The second-order valence-corrected chi connectivity index (χ2v) is 30.3. The van der Waals surface area contributed by atoms with Gasteiger partial charge in [-0.2, -0.15) is 0 Å². The van der Waals surface area contributed by atoms with Gasteiger partial charge in [0, 0.05) is 104 Å². The highest BCUT2D eigenvalue weighted by Crippen LogP contribution is 2.42. The van der Waals surface area contributed by atoms with Crippen molar-refractivity contribution in [3.8, 4) is 146 Å². The van der Waals surface area contributed by atoms with Gasteiger partial charge in [-0.25, -0.2) is 34.9 Å². The first-order chi connectivity index (χ1) is 61.4. The smallest absolute Gasteiger partial charge is 0.164 e. The molecule has 10 aromatic heterocycles. The van der Waals surface area contributed by atoms with Crippen LogP contribution in [0, 0.1) is 0 Å². The molecule has 0 saturated carbocycles. The van der Waals surface area contributed by atoms with E-state index in [0.29, 0.717) is 17.5 Å². The minimum absolute atomic E-state index is 0.587. The minimum atomic E-state index is 0.587. The van der Waals surface area contributed by atoms with Gasteiger partial charge in [0.2, 0.25) is 0 Å². The highest BCUT2D eigenvalue weighted by molar-refractivity contribution is 6.16. The zero-order valence-corrected chi connectivity index (χ0v) is 66.9. The zero-order valence-electron chi connectivity index (χ0n) is 66.9. The van der Waals surface area contributed by atoms with E-state index in [4.69, 9.17) is 34.9 Å².